The topological polar surface area (TPSA) is 189 Å². The average molecular weight is 796 g/mol. The Hall–Kier alpha value is -4.72. The number of halogens is 2. The van der Waals surface area contributed by atoms with Crippen molar-refractivity contribution in [3.8, 4) is 17.0 Å². The number of aromatic nitrogens is 1. The Balaban J connectivity index is 1.27. The van der Waals surface area contributed by atoms with Crippen molar-refractivity contribution in [2.45, 2.75) is 41.6 Å². The molecule has 4 aliphatic rings. The van der Waals surface area contributed by atoms with E-state index in [0.717, 1.165) is 36.8 Å². The van der Waals surface area contributed by atoms with Gasteiger partial charge in [-0.25, -0.2) is 41.2 Å². The van der Waals surface area contributed by atoms with Crippen molar-refractivity contribution in [1.29, 1.82) is 0 Å². The van der Waals surface area contributed by atoms with Crippen LogP contribution in [0.3, 0.4) is 0 Å². The van der Waals surface area contributed by atoms with Gasteiger partial charge in [-0.15, -0.1) is 11.8 Å². The van der Waals surface area contributed by atoms with Crippen molar-refractivity contribution >= 4 is 37.8 Å². The molecule has 3 aliphatic heterocycles. The fourth-order valence-electron chi connectivity index (χ4n) is 6.42. The zero-order chi connectivity index (χ0) is 38.2. The molecule has 2 fully saturated rings. The third-order valence-corrected chi connectivity index (χ3v) is 11.5. The number of carbonyl (C=O) groups is 3. The first kappa shape index (κ1) is 37.6. The molecule has 17 nitrogen and oxygen atoms in total. The summed E-state index contributed by atoms with van der Waals surface area (Å²) in [5.41, 5.74) is 3.01. The zero-order valence-electron chi connectivity index (χ0n) is 28.6. The van der Waals surface area contributed by atoms with Crippen molar-refractivity contribution in [3.05, 3.63) is 80.6 Å². The molecule has 1 spiro atoms. The molecule has 1 N–H and O–H groups in total. The van der Waals surface area contributed by atoms with Crippen molar-refractivity contribution < 1.29 is 69.7 Å². The summed E-state index contributed by atoms with van der Waals surface area (Å²) in [5.74, 6) is -3.24. The fourth-order valence-corrected chi connectivity index (χ4v) is 8.29. The van der Waals surface area contributed by atoms with E-state index in [1.807, 2.05) is 24.3 Å². The van der Waals surface area contributed by atoms with Gasteiger partial charge in [0.15, 0.2) is 17.3 Å². The number of phosphoric ester groups is 1. The van der Waals surface area contributed by atoms with Crippen molar-refractivity contribution in [2.75, 3.05) is 53.2 Å². The highest BCUT2D eigenvalue weighted by molar-refractivity contribution is 7.98. The number of rotatable bonds is 11. The number of hydrogen-bond donors (Lipinski definition) is 1. The summed E-state index contributed by atoms with van der Waals surface area (Å²) < 4.78 is 89.8. The predicted molar refractivity (Wildman–Crippen MR) is 180 cm³/mol. The summed E-state index contributed by atoms with van der Waals surface area (Å²) in [4.78, 5) is 53.7. The number of phosphoric acid groups is 1. The van der Waals surface area contributed by atoms with Crippen molar-refractivity contribution in [1.82, 2.24) is 9.58 Å². The maximum Gasteiger partial charge on any atom is 0.510 e. The summed E-state index contributed by atoms with van der Waals surface area (Å²) in [7, 11) is -2.78. The lowest BCUT2D eigenvalue weighted by Gasteiger charge is -2.47. The number of carbonyl (C=O) groups excluding carboxylic acids is 3. The Labute approximate surface area is 309 Å². The highest BCUT2D eigenvalue weighted by Crippen LogP contribution is 2.50. The molecule has 54 heavy (non-hydrogen) atoms. The van der Waals surface area contributed by atoms with Crippen LogP contribution in [0.25, 0.3) is 11.3 Å². The van der Waals surface area contributed by atoms with Gasteiger partial charge >= 0.3 is 20.1 Å². The van der Waals surface area contributed by atoms with E-state index in [9.17, 15) is 23.7 Å². The molecule has 288 valence electrons. The van der Waals surface area contributed by atoms with Gasteiger partial charge in [0.1, 0.15) is 6.17 Å². The summed E-state index contributed by atoms with van der Waals surface area (Å²) >= 11 is 1.35. The highest BCUT2D eigenvalue weighted by atomic mass is 32.2. The van der Waals surface area contributed by atoms with Crippen LogP contribution in [0.1, 0.15) is 40.0 Å². The minimum absolute atomic E-state index is 0.0449. The van der Waals surface area contributed by atoms with E-state index >= 15 is 8.78 Å². The van der Waals surface area contributed by atoms with Gasteiger partial charge in [-0.1, -0.05) is 18.2 Å². The normalized spacial score (nSPS) is 17.9. The molecule has 1 aromatic heterocycles. The van der Waals surface area contributed by atoms with Crippen LogP contribution in [0.15, 0.2) is 46.1 Å². The van der Waals surface area contributed by atoms with Crippen LogP contribution < -0.4 is 15.6 Å². The Kier molecular flexibility index (Phi) is 10.6. The van der Waals surface area contributed by atoms with Gasteiger partial charge < -0.3 is 38.7 Å². The molecule has 4 heterocycles. The Morgan fingerprint density at radius 1 is 1.00 bits per heavy atom. The van der Waals surface area contributed by atoms with Crippen LogP contribution in [-0.4, -0.2) is 87.3 Å². The molecule has 1 saturated carbocycles. The second-order valence-corrected chi connectivity index (χ2v) is 14.9. The van der Waals surface area contributed by atoms with Crippen LogP contribution >= 0.6 is 19.6 Å². The van der Waals surface area contributed by atoms with Crippen LogP contribution in [-0.2, 0) is 54.0 Å². The number of hydrogen-bond acceptors (Lipinski definition) is 16. The number of nitrogens with zero attached hydrogens (tertiary/aromatic N) is 2. The standard InChI is InChI=1S/C33H32F2N3O14PS/c1-44-31(41)48-16-51-53(43,52-17-49-32(42)45-2)50-15-47-29-24(39)11-23(38-28(29)30(40)37-26(36-38)12-46-14-33(37)7-8-33)20-10-22(34)27(35)21-13-54-25-6-4-3-5-18(25)9-19(20)21/h3-6,10-11,26,36H,7-9,12-17H2,1-2H3/t26-/m0/s1. The van der Waals surface area contributed by atoms with E-state index in [1.54, 1.807) is 4.90 Å². The van der Waals surface area contributed by atoms with E-state index in [4.69, 9.17) is 23.0 Å². The smallest absolute Gasteiger partial charge is 0.460 e. The van der Waals surface area contributed by atoms with Gasteiger partial charge in [0, 0.05) is 27.8 Å². The van der Waals surface area contributed by atoms with Crippen molar-refractivity contribution in [3.63, 3.8) is 0 Å². The van der Waals surface area contributed by atoms with Crippen LogP contribution in [0.2, 0.25) is 0 Å². The van der Waals surface area contributed by atoms with Gasteiger partial charge in [-0.3, -0.25) is 9.59 Å². The van der Waals surface area contributed by atoms with E-state index < -0.39 is 80.9 Å². The van der Waals surface area contributed by atoms with E-state index in [2.05, 4.69) is 24.4 Å². The van der Waals surface area contributed by atoms with Crippen molar-refractivity contribution in [2.24, 2.45) is 0 Å². The minimum Gasteiger partial charge on any atom is -0.460 e. The van der Waals surface area contributed by atoms with E-state index in [1.165, 1.54) is 16.4 Å². The Morgan fingerprint density at radius 2 is 1.69 bits per heavy atom. The fraction of sp³-hybridized carbons (Fsp3) is 0.394. The summed E-state index contributed by atoms with van der Waals surface area (Å²) in [5, 5.41) is 0. The second-order valence-electron chi connectivity index (χ2n) is 12.2. The molecule has 1 aliphatic carbocycles. The monoisotopic (exact) mass is 795 g/mol. The molecule has 0 bridgehead atoms. The summed E-state index contributed by atoms with van der Waals surface area (Å²) in [6, 6.07) is 9.55. The number of ether oxygens (including phenoxy) is 6. The average Bonchev–Trinajstić information content (AvgIpc) is 3.95. The highest BCUT2D eigenvalue weighted by Gasteiger charge is 2.58. The third-order valence-electron chi connectivity index (χ3n) is 9.11. The molecule has 0 unspecified atom stereocenters. The van der Waals surface area contributed by atoms with E-state index in [0.29, 0.717) is 18.4 Å². The van der Waals surface area contributed by atoms with Gasteiger partial charge in [-0.2, -0.15) is 0 Å². The quantitative estimate of drug-likeness (QED) is 0.157. The maximum atomic E-state index is 15.5. The number of amides is 1. The molecule has 7 rings (SSSR count). The molecule has 1 atom stereocenters. The maximum absolute atomic E-state index is 15.5. The largest absolute Gasteiger partial charge is 0.510 e. The molecular formula is C33H32F2N3O14PS. The minimum atomic E-state index is -4.80. The number of fused-ring (bicyclic) bond motifs is 5. The molecule has 3 aromatic rings. The third kappa shape index (κ3) is 7.24. The number of nitrogens with one attached hydrogen (secondary N) is 1. The molecule has 2 aromatic carbocycles. The lowest BCUT2D eigenvalue weighted by molar-refractivity contribution is -0.0474. The van der Waals surface area contributed by atoms with Crippen LogP contribution in [0.4, 0.5) is 18.4 Å². The second kappa shape index (κ2) is 15.2. The van der Waals surface area contributed by atoms with E-state index in [-0.39, 0.29) is 47.9 Å². The number of methoxy groups -OCH3 is 2. The molecular weight excluding hydrogens is 763 g/mol. The summed E-state index contributed by atoms with van der Waals surface area (Å²) in [6.07, 6.45) is -1.65. The zero-order valence-corrected chi connectivity index (χ0v) is 30.3. The number of pyridine rings is 1. The van der Waals surface area contributed by atoms with Crippen LogP contribution in [0, 0.1) is 11.6 Å². The Bertz CT molecular complexity index is 2090. The summed E-state index contributed by atoms with van der Waals surface area (Å²) in [6.45, 7) is -2.75. The van der Waals surface area contributed by atoms with Gasteiger partial charge in [0.05, 0.1) is 38.7 Å². The lowest BCUT2D eigenvalue weighted by Crippen LogP contribution is -2.64. The number of benzene rings is 2. The predicted octanol–water partition coefficient (Wildman–Crippen LogP) is 4.85. The molecule has 1 amide bonds. The number of morpholine rings is 1. The first-order valence-electron chi connectivity index (χ1n) is 16.2. The van der Waals surface area contributed by atoms with Gasteiger partial charge in [0.25, 0.3) is 5.91 Å². The lowest BCUT2D eigenvalue weighted by atomic mass is 9.92. The molecule has 0 radical (unpaired) electrons. The van der Waals surface area contributed by atoms with Crippen LogP contribution in [0.5, 0.6) is 5.75 Å². The first-order valence-corrected chi connectivity index (χ1v) is 18.7. The first-order chi connectivity index (χ1) is 26.0. The van der Waals surface area contributed by atoms with Gasteiger partial charge in [0.2, 0.25) is 31.6 Å². The molecule has 1 saturated heterocycles. The SMILES string of the molecule is COC(=O)OCOP(=O)(OCOC(=O)OC)OCOc1c2n(c(-c3cc(F)c(F)c4c3Cc3ccccc3SC4)cc1=O)N[C@@H]1COCC3(CC3)N1C2=O. The Morgan fingerprint density at radius 3 is 2.37 bits per heavy atom. The molecule has 21 heteroatoms. The van der Waals surface area contributed by atoms with Gasteiger partial charge in [-0.05, 0) is 42.5 Å². The number of thioether (sulfide) groups is 1.